The van der Waals surface area contributed by atoms with E-state index in [1.165, 1.54) is 0 Å². The second kappa shape index (κ2) is 4.28. The Labute approximate surface area is 78.0 Å². The monoisotopic (exact) mass is 184 g/mol. The maximum atomic E-state index is 5.63. The molecule has 74 valence electrons. The molecule has 0 fully saturated rings. The van der Waals surface area contributed by atoms with E-state index in [9.17, 15) is 0 Å². The quantitative estimate of drug-likeness (QED) is 0.768. The highest BCUT2D eigenvalue weighted by Crippen LogP contribution is 2.25. The zero-order chi connectivity index (χ0) is 9.84. The SMILES string of the molecule is COc1cc(C(CN)C(C)C)on1. The molecule has 0 saturated carbocycles. The molecule has 0 aliphatic carbocycles. The van der Waals surface area contributed by atoms with Crippen LogP contribution in [0, 0.1) is 5.92 Å². The molecule has 0 aliphatic heterocycles. The Kier molecular flexibility index (Phi) is 3.31. The summed E-state index contributed by atoms with van der Waals surface area (Å²) in [4.78, 5) is 0. The third-order valence-electron chi connectivity index (χ3n) is 2.14. The topological polar surface area (TPSA) is 61.3 Å². The molecule has 1 aromatic heterocycles. The van der Waals surface area contributed by atoms with Crippen molar-refractivity contribution in [3.63, 3.8) is 0 Å². The van der Waals surface area contributed by atoms with Crippen molar-refractivity contribution < 1.29 is 9.26 Å². The van der Waals surface area contributed by atoms with Gasteiger partial charge in [-0.25, -0.2) is 0 Å². The Morgan fingerprint density at radius 1 is 1.62 bits per heavy atom. The minimum absolute atomic E-state index is 0.219. The molecular weight excluding hydrogens is 168 g/mol. The van der Waals surface area contributed by atoms with Crippen LogP contribution in [0.3, 0.4) is 0 Å². The maximum Gasteiger partial charge on any atom is 0.254 e. The van der Waals surface area contributed by atoms with Crippen molar-refractivity contribution in [2.45, 2.75) is 19.8 Å². The normalized spacial score (nSPS) is 13.3. The zero-order valence-electron chi connectivity index (χ0n) is 8.28. The second-order valence-electron chi connectivity index (χ2n) is 3.36. The van der Waals surface area contributed by atoms with Gasteiger partial charge in [-0.2, -0.15) is 0 Å². The lowest BCUT2D eigenvalue weighted by atomic mass is 9.94. The number of ether oxygens (including phenoxy) is 1. The van der Waals surface area contributed by atoms with Crippen molar-refractivity contribution in [1.29, 1.82) is 0 Å². The van der Waals surface area contributed by atoms with Gasteiger partial charge in [0, 0.05) is 18.5 Å². The molecule has 0 radical (unpaired) electrons. The Hall–Kier alpha value is -1.03. The van der Waals surface area contributed by atoms with Gasteiger partial charge in [-0.05, 0) is 11.1 Å². The largest absolute Gasteiger partial charge is 0.479 e. The van der Waals surface area contributed by atoms with E-state index in [2.05, 4.69) is 19.0 Å². The number of hydrogen-bond acceptors (Lipinski definition) is 4. The Morgan fingerprint density at radius 3 is 2.69 bits per heavy atom. The molecule has 1 rings (SSSR count). The minimum atomic E-state index is 0.219. The van der Waals surface area contributed by atoms with Crippen molar-refractivity contribution in [2.75, 3.05) is 13.7 Å². The van der Waals surface area contributed by atoms with Crippen LogP contribution in [-0.4, -0.2) is 18.8 Å². The zero-order valence-corrected chi connectivity index (χ0v) is 8.28. The summed E-state index contributed by atoms with van der Waals surface area (Å²) >= 11 is 0. The van der Waals surface area contributed by atoms with E-state index in [4.69, 9.17) is 15.0 Å². The van der Waals surface area contributed by atoms with Gasteiger partial charge in [0.05, 0.1) is 7.11 Å². The van der Waals surface area contributed by atoms with Gasteiger partial charge in [0.25, 0.3) is 5.88 Å². The third kappa shape index (κ3) is 2.21. The molecule has 4 nitrogen and oxygen atoms in total. The van der Waals surface area contributed by atoms with Crippen LogP contribution in [0.5, 0.6) is 5.88 Å². The second-order valence-corrected chi connectivity index (χ2v) is 3.36. The minimum Gasteiger partial charge on any atom is -0.479 e. The molecule has 1 atom stereocenters. The molecule has 1 heterocycles. The van der Waals surface area contributed by atoms with Gasteiger partial charge in [-0.15, -0.1) is 0 Å². The molecule has 0 spiro atoms. The number of rotatable bonds is 4. The molecule has 1 aromatic rings. The predicted molar refractivity (Wildman–Crippen MR) is 49.7 cm³/mol. The van der Waals surface area contributed by atoms with Crippen LogP contribution in [-0.2, 0) is 0 Å². The molecule has 0 aromatic carbocycles. The van der Waals surface area contributed by atoms with Crippen molar-refractivity contribution >= 4 is 0 Å². The van der Waals surface area contributed by atoms with E-state index >= 15 is 0 Å². The Bertz CT molecular complexity index is 258. The summed E-state index contributed by atoms with van der Waals surface area (Å²) in [6, 6.07) is 1.79. The summed E-state index contributed by atoms with van der Waals surface area (Å²) in [5.74, 6) is 1.97. The van der Waals surface area contributed by atoms with Crippen molar-refractivity contribution in [1.82, 2.24) is 5.16 Å². The number of methoxy groups -OCH3 is 1. The average Bonchev–Trinajstić information content (AvgIpc) is 2.53. The van der Waals surface area contributed by atoms with Crippen molar-refractivity contribution in [3.8, 4) is 5.88 Å². The predicted octanol–water partition coefficient (Wildman–Crippen LogP) is 1.38. The smallest absolute Gasteiger partial charge is 0.254 e. The van der Waals surface area contributed by atoms with Crippen LogP contribution in [0.15, 0.2) is 10.6 Å². The summed E-state index contributed by atoms with van der Waals surface area (Å²) in [6.07, 6.45) is 0. The van der Waals surface area contributed by atoms with Gasteiger partial charge < -0.3 is 15.0 Å². The van der Waals surface area contributed by atoms with E-state index < -0.39 is 0 Å². The first-order valence-corrected chi connectivity index (χ1v) is 4.39. The van der Waals surface area contributed by atoms with E-state index in [1.54, 1.807) is 13.2 Å². The fourth-order valence-corrected chi connectivity index (χ4v) is 1.26. The first kappa shape index (κ1) is 10.1. The lowest BCUT2D eigenvalue weighted by molar-refractivity contribution is 0.304. The number of nitrogens with zero attached hydrogens (tertiary/aromatic N) is 1. The highest BCUT2D eigenvalue weighted by Gasteiger charge is 2.19. The summed E-state index contributed by atoms with van der Waals surface area (Å²) in [5, 5.41) is 3.73. The lowest BCUT2D eigenvalue weighted by Crippen LogP contribution is -2.17. The van der Waals surface area contributed by atoms with Gasteiger partial charge in [0.15, 0.2) is 0 Å². The summed E-state index contributed by atoms with van der Waals surface area (Å²) in [5.41, 5.74) is 5.63. The maximum absolute atomic E-state index is 5.63. The molecule has 4 heteroatoms. The summed E-state index contributed by atoms with van der Waals surface area (Å²) in [6.45, 7) is 4.77. The first-order chi connectivity index (χ1) is 6.19. The number of nitrogens with two attached hydrogens (primary N) is 1. The van der Waals surface area contributed by atoms with Gasteiger partial charge in [0.1, 0.15) is 5.76 Å². The Balaban J connectivity index is 2.79. The van der Waals surface area contributed by atoms with E-state index in [-0.39, 0.29) is 5.92 Å². The average molecular weight is 184 g/mol. The van der Waals surface area contributed by atoms with Gasteiger partial charge in [-0.3, -0.25) is 0 Å². The molecule has 0 saturated heterocycles. The van der Waals surface area contributed by atoms with Gasteiger partial charge in [-0.1, -0.05) is 13.8 Å². The fraction of sp³-hybridized carbons (Fsp3) is 0.667. The lowest BCUT2D eigenvalue weighted by Gasteiger charge is -2.14. The van der Waals surface area contributed by atoms with Crippen LogP contribution in [0.1, 0.15) is 25.5 Å². The standard InChI is InChI=1S/C9H16N2O2/c1-6(2)7(5-10)8-4-9(12-3)11-13-8/h4,6-7H,5,10H2,1-3H3. The first-order valence-electron chi connectivity index (χ1n) is 4.39. The van der Waals surface area contributed by atoms with E-state index in [0.717, 1.165) is 5.76 Å². The van der Waals surface area contributed by atoms with Crippen LogP contribution < -0.4 is 10.5 Å². The Morgan fingerprint density at radius 2 is 2.31 bits per heavy atom. The van der Waals surface area contributed by atoms with Crippen molar-refractivity contribution in [3.05, 3.63) is 11.8 Å². The molecule has 13 heavy (non-hydrogen) atoms. The number of aromatic nitrogens is 1. The highest BCUT2D eigenvalue weighted by molar-refractivity contribution is 5.15. The molecule has 0 amide bonds. The summed E-state index contributed by atoms with van der Waals surface area (Å²) in [7, 11) is 1.56. The van der Waals surface area contributed by atoms with E-state index in [0.29, 0.717) is 18.3 Å². The van der Waals surface area contributed by atoms with Gasteiger partial charge in [0.2, 0.25) is 0 Å². The van der Waals surface area contributed by atoms with Crippen LogP contribution in [0.2, 0.25) is 0 Å². The molecule has 0 aliphatic rings. The summed E-state index contributed by atoms with van der Waals surface area (Å²) < 4.78 is 10.0. The molecule has 2 N–H and O–H groups in total. The van der Waals surface area contributed by atoms with Gasteiger partial charge >= 0.3 is 0 Å². The van der Waals surface area contributed by atoms with Crippen molar-refractivity contribution in [2.24, 2.45) is 11.7 Å². The molecular formula is C9H16N2O2. The third-order valence-corrected chi connectivity index (χ3v) is 2.14. The highest BCUT2D eigenvalue weighted by atomic mass is 16.5. The molecule has 1 unspecified atom stereocenters. The van der Waals surface area contributed by atoms with Crippen LogP contribution >= 0.6 is 0 Å². The van der Waals surface area contributed by atoms with Crippen LogP contribution in [0.4, 0.5) is 0 Å². The van der Waals surface area contributed by atoms with E-state index in [1.807, 2.05) is 0 Å². The fourth-order valence-electron chi connectivity index (χ4n) is 1.26. The van der Waals surface area contributed by atoms with Crippen LogP contribution in [0.25, 0.3) is 0 Å². The molecule has 0 bridgehead atoms. The number of hydrogen-bond donors (Lipinski definition) is 1.